The molecule has 0 spiro atoms. The summed E-state index contributed by atoms with van der Waals surface area (Å²) < 4.78 is 20.1. The summed E-state index contributed by atoms with van der Waals surface area (Å²) in [6.07, 6.45) is 1.76. The molecule has 0 aliphatic carbocycles. The maximum absolute atomic E-state index is 14.2. The molecule has 5 aromatic rings. The zero-order valence-corrected chi connectivity index (χ0v) is 28.5. The molecule has 0 N–H and O–H groups in total. The number of nitrogens with zero attached hydrogens (tertiary/aromatic N) is 2. The van der Waals surface area contributed by atoms with Crippen LogP contribution in [0.5, 0.6) is 11.5 Å². The van der Waals surface area contributed by atoms with Gasteiger partial charge in [-0.2, -0.15) is 0 Å². The van der Waals surface area contributed by atoms with E-state index in [2.05, 4.69) is 39.1 Å². The molecule has 234 valence electrons. The Morgan fingerprint density at radius 2 is 1.78 bits per heavy atom. The minimum atomic E-state index is -0.735. The number of allylic oxidation sites excluding steroid dienone is 1. The Bertz CT molecular complexity index is 2170. The monoisotopic (exact) mass is 716 g/mol. The molecule has 46 heavy (non-hydrogen) atoms. The van der Waals surface area contributed by atoms with Crippen molar-refractivity contribution in [3.05, 3.63) is 136 Å². The van der Waals surface area contributed by atoms with Gasteiger partial charge in [-0.1, -0.05) is 77.5 Å². The van der Waals surface area contributed by atoms with E-state index in [0.717, 1.165) is 21.9 Å². The van der Waals surface area contributed by atoms with Crippen LogP contribution in [-0.4, -0.2) is 23.8 Å². The van der Waals surface area contributed by atoms with Crippen LogP contribution >= 0.6 is 38.9 Å². The number of fused-ring (bicyclic) bond motifs is 2. The molecule has 7 nitrogen and oxygen atoms in total. The first-order chi connectivity index (χ1) is 22.3. The van der Waals surface area contributed by atoms with Gasteiger partial charge in [-0.3, -0.25) is 9.36 Å². The van der Waals surface area contributed by atoms with Gasteiger partial charge in [0, 0.05) is 10.6 Å². The van der Waals surface area contributed by atoms with Crippen molar-refractivity contribution >= 4 is 61.7 Å². The molecule has 1 aliphatic rings. The van der Waals surface area contributed by atoms with E-state index in [4.69, 9.17) is 25.8 Å². The molecular formula is C36H30BrClN2O5S. The van der Waals surface area contributed by atoms with Gasteiger partial charge < -0.3 is 14.2 Å². The van der Waals surface area contributed by atoms with E-state index in [1.165, 1.54) is 11.3 Å². The SMILES string of the molecule is CCOC(=O)C1=C(C)N=c2s/c(=C\c3cc(Cl)cc(Br)c3OCc3cccc4ccccc34)c(=O)n2[C@@H]1c1ccc(OCC)cc1. The van der Waals surface area contributed by atoms with Crippen LogP contribution < -0.4 is 24.4 Å². The highest BCUT2D eigenvalue weighted by molar-refractivity contribution is 9.10. The maximum atomic E-state index is 14.2. The highest BCUT2D eigenvalue weighted by Crippen LogP contribution is 2.35. The van der Waals surface area contributed by atoms with Crippen LogP contribution in [0.15, 0.2) is 104 Å². The Morgan fingerprint density at radius 3 is 2.54 bits per heavy atom. The Labute approximate surface area is 283 Å². The molecule has 0 unspecified atom stereocenters. The summed E-state index contributed by atoms with van der Waals surface area (Å²) in [7, 11) is 0. The van der Waals surface area contributed by atoms with Crippen LogP contribution in [-0.2, 0) is 16.1 Å². The molecule has 0 saturated carbocycles. The van der Waals surface area contributed by atoms with Gasteiger partial charge >= 0.3 is 5.97 Å². The number of esters is 1. The van der Waals surface area contributed by atoms with Crippen LogP contribution in [0.1, 0.15) is 43.5 Å². The van der Waals surface area contributed by atoms with E-state index in [1.54, 1.807) is 36.6 Å². The standard InChI is InChI=1S/C36H30BrClN2O5S/c1-4-43-27-15-13-23(14-16-27)32-31(35(42)44-5-2)21(3)39-36-40(32)34(41)30(46-36)18-25-17-26(38)19-29(37)33(25)45-20-24-11-8-10-22-9-6-7-12-28(22)24/h6-19,32H,4-5,20H2,1-3H3/b30-18-/t32-/m1/s1. The van der Waals surface area contributed by atoms with E-state index in [9.17, 15) is 9.59 Å². The third kappa shape index (κ3) is 6.27. The lowest BCUT2D eigenvalue weighted by atomic mass is 9.96. The fourth-order valence-corrected chi connectivity index (χ4v) is 7.56. The third-order valence-corrected chi connectivity index (χ3v) is 9.39. The molecule has 1 aromatic heterocycles. The van der Waals surface area contributed by atoms with Gasteiger partial charge in [0.2, 0.25) is 0 Å². The Morgan fingerprint density at radius 1 is 1.02 bits per heavy atom. The van der Waals surface area contributed by atoms with Crippen molar-refractivity contribution in [1.82, 2.24) is 4.57 Å². The lowest BCUT2D eigenvalue weighted by molar-refractivity contribution is -0.139. The molecule has 1 aliphatic heterocycles. The highest BCUT2D eigenvalue weighted by Gasteiger charge is 2.33. The summed E-state index contributed by atoms with van der Waals surface area (Å²) in [5.41, 5.74) is 2.90. The number of carbonyl (C=O) groups excluding carboxylic acids is 1. The van der Waals surface area contributed by atoms with E-state index in [1.807, 2.05) is 55.5 Å². The highest BCUT2D eigenvalue weighted by atomic mass is 79.9. The second kappa shape index (κ2) is 13.7. The summed E-state index contributed by atoms with van der Waals surface area (Å²) >= 11 is 11.3. The largest absolute Gasteiger partial charge is 0.494 e. The molecule has 1 atom stereocenters. The van der Waals surface area contributed by atoms with Crippen LogP contribution in [0.2, 0.25) is 5.02 Å². The summed E-state index contributed by atoms with van der Waals surface area (Å²) in [5.74, 6) is 0.731. The Kier molecular flexibility index (Phi) is 9.44. The van der Waals surface area contributed by atoms with Crippen molar-refractivity contribution in [2.45, 2.75) is 33.4 Å². The molecule has 0 bridgehead atoms. The lowest BCUT2D eigenvalue weighted by Crippen LogP contribution is -2.39. The number of aromatic nitrogens is 1. The van der Waals surface area contributed by atoms with Crippen LogP contribution in [0, 0.1) is 0 Å². The zero-order chi connectivity index (χ0) is 32.4. The van der Waals surface area contributed by atoms with Crippen molar-refractivity contribution in [2.75, 3.05) is 13.2 Å². The summed E-state index contributed by atoms with van der Waals surface area (Å²) in [6.45, 7) is 6.45. The first-order valence-corrected chi connectivity index (χ1v) is 16.8. The zero-order valence-electron chi connectivity index (χ0n) is 25.4. The average molecular weight is 718 g/mol. The summed E-state index contributed by atoms with van der Waals surface area (Å²) in [6, 6.07) is 24.4. The van der Waals surface area contributed by atoms with Crippen LogP contribution in [0.4, 0.5) is 0 Å². The van der Waals surface area contributed by atoms with Crippen LogP contribution in [0.25, 0.3) is 16.8 Å². The molecule has 0 fully saturated rings. The van der Waals surface area contributed by atoms with Gasteiger partial charge in [-0.25, -0.2) is 9.79 Å². The van der Waals surface area contributed by atoms with Crippen molar-refractivity contribution < 1.29 is 19.0 Å². The van der Waals surface area contributed by atoms with E-state index in [-0.39, 0.29) is 12.2 Å². The first-order valence-electron chi connectivity index (χ1n) is 14.8. The van der Waals surface area contributed by atoms with E-state index >= 15 is 0 Å². The number of carbonyl (C=O) groups is 1. The molecule has 10 heteroatoms. The predicted octanol–water partition coefficient (Wildman–Crippen LogP) is 7.35. The fourth-order valence-electron chi connectivity index (χ4n) is 5.57. The number of halogens is 2. The third-order valence-electron chi connectivity index (χ3n) is 7.60. The summed E-state index contributed by atoms with van der Waals surface area (Å²) in [5, 5.41) is 2.71. The predicted molar refractivity (Wildman–Crippen MR) is 185 cm³/mol. The van der Waals surface area contributed by atoms with Gasteiger partial charge in [-0.05, 0) is 88.9 Å². The number of ether oxygens (including phenoxy) is 3. The number of benzene rings is 4. The molecule has 0 saturated heterocycles. The van der Waals surface area contributed by atoms with Gasteiger partial charge in [0.05, 0.1) is 39.5 Å². The Balaban J connectivity index is 1.45. The molecular weight excluding hydrogens is 688 g/mol. The summed E-state index contributed by atoms with van der Waals surface area (Å²) in [4.78, 5) is 32.6. The molecule has 0 amide bonds. The average Bonchev–Trinajstić information content (AvgIpc) is 3.34. The smallest absolute Gasteiger partial charge is 0.338 e. The molecule has 6 rings (SSSR count). The Hall–Kier alpha value is -4.18. The minimum absolute atomic E-state index is 0.196. The second-order valence-corrected chi connectivity index (χ2v) is 12.8. The number of thiazole rings is 1. The topological polar surface area (TPSA) is 79.1 Å². The second-order valence-electron chi connectivity index (χ2n) is 10.5. The number of hydrogen-bond donors (Lipinski definition) is 0. The van der Waals surface area contributed by atoms with E-state index < -0.39 is 12.0 Å². The van der Waals surface area contributed by atoms with Gasteiger partial charge in [-0.15, -0.1) is 0 Å². The molecule has 0 radical (unpaired) electrons. The quantitative estimate of drug-likeness (QED) is 0.149. The molecule has 2 heterocycles. The maximum Gasteiger partial charge on any atom is 0.338 e. The van der Waals surface area contributed by atoms with Gasteiger partial charge in [0.15, 0.2) is 4.80 Å². The van der Waals surface area contributed by atoms with Crippen LogP contribution in [0.3, 0.4) is 0 Å². The normalized spacial score (nSPS) is 14.6. The van der Waals surface area contributed by atoms with E-state index in [0.29, 0.717) is 60.4 Å². The molecule has 4 aromatic carbocycles. The lowest BCUT2D eigenvalue weighted by Gasteiger charge is -2.24. The fraction of sp³-hybridized carbons (Fsp3) is 0.194. The number of hydrogen-bond acceptors (Lipinski definition) is 7. The first kappa shape index (κ1) is 31.8. The van der Waals surface area contributed by atoms with Crippen molar-refractivity contribution in [1.29, 1.82) is 0 Å². The van der Waals surface area contributed by atoms with Crippen molar-refractivity contribution in [3.63, 3.8) is 0 Å². The number of rotatable bonds is 9. The van der Waals surface area contributed by atoms with Crippen molar-refractivity contribution in [2.24, 2.45) is 4.99 Å². The minimum Gasteiger partial charge on any atom is -0.494 e. The van der Waals surface area contributed by atoms with Gasteiger partial charge in [0.25, 0.3) is 5.56 Å². The van der Waals surface area contributed by atoms with Gasteiger partial charge in [0.1, 0.15) is 18.1 Å². The van der Waals surface area contributed by atoms with Crippen molar-refractivity contribution in [3.8, 4) is 11.5 Å².